The molecule has 3 heterocycles. The van der Waals surface area contributed by atoms with E-state index < -0.39 is 4.92 Å². The lowest BCUT2D eigenvalue weighted by Gasteiger charge is -2.04. The molecule has 6 rings (SSSR count). The fourth-order valence-corrected chi connectivity index (χ4v) is 5.11. The normalized spacial score (nSPS) is 12.0. The Hall–Kier alpha value is -5.42. The van der Waals surface area contributed by atoms with Crippen molar-refractivity contribution in [1.29, 1.82) is 0 Å². The predicted molar refractivity (Wildman–Crippen MR) is 153 cm³/mol. The second-order valence-corrected chi connectivity index (χ2v) is 9.69. The van der Waals surface area contributed by atoms with E-state index >= 15 is 0 Å². The monoisotopic (exact) mass is 548 g/mol. The summed E-state index contributed by atoms with van der Waals surface area (Å²) >= 11 is 1.21. The van der Waals surface area contributed by atoms with Crippen LogP contribution >= 0.6 is 11.3 Å². The number of ether oxygens (including phenoxy) is 1. The molecule has 0 fully saturated rings. The second kappa shape index (κ2) is 10.4. The Balaban J connectivity index is 1.45. The van der Waals surface area contributed by atoms with E-state index in [1.54, 1.807) is 29.1 Å². The average molecular weight is 549 g/mol. The van der Waals surface area contributed by atoms with Gasteiger partial charge in [-0.15, -0.1) is 5.10 Å². The van der Waals surface area contributed by atoms with E-state index in [0.29, 0.717) is 32.1 Å². The smallest absolute Gasteiger partial charge is 0.311 e. The summed E-state index contributed by atoms with van der Waals surface area (Å²) in [7, 11) is 1.38. The van der Waals surface area contributed by atoms with Crippen LogP contribution in [0.4, 0.5) is 5.69 Å². The molecule has 0 spiro atoms. The summed E-state index contributed by atoms with van der Waals surface area (Å²) in [5, 5.41) is 20.7. The molecule has 196 valence electrons. The SMILES string of the molecule is COc1ccc(-c2nn(-c3ccccc3)cc2/C=c2\sc3nc(/C=C/c4ccccc4)nn3c2=O)cc1[N+](=O)[O-]. The highest BCUT2D eigenvalue weighted by Gasteiger charge is 2.20. The Bertz CT molecular complexity index is 2000. The van der Waals surface area contributed by atoms with Crippen molar-refractivity contribution in [3.63, 3.8) is 0 Å². The molecule has 6 aromatic rings. The molecule has 3 aromatic carbocycles. The fourth-order valence-electron chi connectivity index (χ4n) is 4.21. The molecule has 0 aliphatic rings. The van der Waals surface area contributed by atoms with Crippen LogP contribution in [-0.2, 0) is 0 Å². The van der Waals surface area contributed by atoms with Gasteiger partial charge in [0, 0.05) is 23.4 Å². The molecule has 3 aromatic heterocycles. The number of nitro groups is 1. The van der Waals surface area contributed by atoms with Gasteiger partial charge >= 0.3 is 5.69 Å². The second-order valence-electron chi connectivity index (χ2n) is 8.68. The van der Waals surface area contributed by atoms with Gasteiger partial charge in [-0.1, -0.05) is 65.9 Å². The molecular weight excluding hydrogens is 528 g/mol. The maximum absolute atomic E-state index is 13.3. The molecule has 10 nitrogen and oxygen atoms in total. The molecular formula is C29H20N6O4S. The number of hydrogen-bond acceptors (Lipinski definition) is 8. The predicted octanol–water partition coefficient (Wildman–Crippen LogP) is 4.64. The summed E-state index contributed by atoms with van der Waals surface area (Å²) in [4.78, 5) is 29.4. The van der Waals surface area contributed by atoms with Crippen LogP contribution in [0.2, 0.25) is 0 Å². The zero-order valence-corrected chi connectivity index (χ0v) is 21.9. The molecule has 11 heteroatoms. The van der Waals surface area contributed by atoms with Crippen LogP contribution in [0, 0.1) is 10.1 Å². The van der Waals surface area contributed by atoms with Gasteiger partial charge in [-0.25, -0.2) is 4.68 Å². The Labute approximate surface area is 230 Å². The van der Waals surface area contributed by atoms with E-state index in [4.69, 9.17) is 9.84 Å². The number of thiazole rings is 1. The lowest BCUT2D eigenvalue weighted by molar-refractivity contribution is -0.385. The van der Waals surface area contributed by atoms with Gasteiger partial charge in [0.25, 0.3) is 5.56 Å². The molecule has 0 N–H and O–H groups in total. The third-order valence-electron chi connectivity index (χ3n) is 6.12. The molecule has 0 atom stereocenters. The number of hydrogen-bond donors (Lipinski definition) is 0. The third kappa shape index (κ3) is 4.76. The highest BCUT2D eigenvalue weighted by atomic mass is 32.1. The summed E-state index contributed by atoms with van der Waals surface area (Å²) in [5.74, 6) is 0.577. The molecule has 40 heavy (non-hydrogen) atoms. The molecule has 0 unspecified atom stereocenters. The number of benzene rings is 3. The van der Waals surface area contributed by atoms with E-state index in [1.807, 2.05) is 66.7 Å². The van der Waals surface area contributed by atoms with Crippen molar-refractivity contribution in [2.24, 2.45) is 0 Å². The maximum Gasteiger partial charge on any atom is 0.311 e. The van der Waals surface area contributed by atoms with Crippen molar-refractivity contribution >= 4 is 40.2 Å². The van der Waals surface area contributed by atoms with Gasteiger partial charge in [-0.3, -0.25) is 14.9 Å². The lowest BCUT2D eigenvalue weighted by atomic mass is 10.1. The van der Waals surface area contributed by atoms with Gasteiger partial charge in [-0.2, -0.15) is 14.6 Å². The number of para-hydroxylation sites is 1. The van der Waals surface area contributed by atoms with Crippen molar-refractivity contribution in [1.82, 2.24) is 24.4 Å². The number of rotatable bonds is 7. The summed E-state index contributed by atoms with van der Waals surface area (Å²) in [5.41, 5.74) is 2.89. The zero-order valence-electron chi connectivity index (χ0n) is 21.0. The summed E-state index contributed by atoms with van der Waals surface area (Å²) < 4.78 is 8.51. The van der Waals surface area contributed by atoms with E-state index in [1.165, 1.54) is 35.1 Å². The standard InChI is InChI=1S/C29H20N6O4S/c1-39-24-14-13-20(16-23(24)35(37)38)27-21(18-33(32-27)22-10-6-3-7-11-22)17-25-28(36)34-29(40-25)30-26(31-34)15-12-19-8-4-2-5-9-19/h2-18H,1H3/b15-12+,25-17-. The Morgan fingerprint density at radius 1 is 0.975 bits per heavy atom. The number of nitro benzene ring substituents is 1. The van der Waals surface area contributed by atoms with Gasteiger partial charge in [0.15, 0.2) is 11.6 Å². The summed E-state index contributed by atoms with van der Waals surface area (Å²) in [6.45, 7) is 0. The minimum absolute atomic E-state index is 0.145. The van der Waals surface area contributed by atoms with Crippen LogP contribution in [0.25, 0.3) is 40.1 Å². The van der Waals surface area contributed by atoms with Crippen LogP contribution in [0.5, 0.6) is 5.75 Å². The van der Waals surface area contributed by atoms with E-state index in [2.05, 4.69) is 10.1 Å². The minimum Gasteiger partial charge on any atom is -0.490 e. The minimum atomic E-state index is -0.501. The van der Waals surface area contributed by atoms with Gasteiger partial charge < -0.3 is 4.74 Å². The third-order valence-corrected chi connectivity index (χ3v) is 7.08. The Kier molecular flexibility index (Phi) is 6.46. The van der Waals surface area contributed by atoms with Gasteiger partial charge in [0.1, 0.15) is 5.69 Å². The first kappa shape index (κ1) is 24.9. The van der Waals surface area contributed by atoms with Crippen molar-refractivity contribution < 1.29 is 9.66 Å². The molecule has 0 bridgehead atoms. The molecule has 0 saturated carbocycles. The van der Waals surface area contributed by atoms with Crippen LogP contribution < -0.4 is 14.8 Å². The fraction of sp³-hybridized carbons (Fsp3) is 0.0345. The number of nitrogens with zero attached hydrogens (tertiary/aromatic N) is 6. The van der Waals surface area contributed by atoms with E-state index in [0.717, 1.165) is 11.3 Å². The first-order chi connectivity index (χ1) is 19.5. The van der Waals surface area contributed by atoms with Gasteiger partial charge in [-0.05, 0) is 42.0 Å². The molecule has 0 amide bonds. The van der Waals surface area contributed by atoms with E-state index in [9.17, 15) is 14.9 Å². The highest BCUT2D eigenvalue weighted by molar-refractivity contribution is 7.15. The van der Waals surface area contributed by atoms with Crippen LogP contribution in [-0.4, -0.2) is 36.4 Å². The highest BCUT2D eigenvalue weighted by Crippen LogP contribution is 2.33. The van der Waals surface area contributed by atoms with Crippen LogP contribution in [0.3, 0.4) is 0 Å². The number of fused-ring (bicyclic) bond motifs is 1. The molecule has 0 saturated heterocycles. The molecule has 0 radical (unpaired) electrons. The van der Waals surface area contributed by atoms with Crippen LogP contribution in [0.1, 0.15) is 17.0 Å². The first-order valence-electron chi connectivity index (χ1n) is 12.1. The van der Waals surface area contributed by atoms with Crippen molar-refractivity contribution in [3.8, 4) is 22.7 Å². The number of aromatic nitrogens is 5. The Morgan fingerprint density at radius 3 is 2.42 bits per heavy atom. The Morgan fingerprint density at radius 2 is 1.73 bits per heavy atom. The van der Waals surface area contributed by atoms with Crippen molar-refractivity contribution in [2.45, 2.75) is 0 Å². The average Bonchev–Trinajstić information content (AvgIpc) is 3.67. The lowest BCUT2D eigenvalue weighted by Crippen LogP contribution is -2.23. The quantitative estimate of drug-likeness (QED) is 0.211. The molecule has 0 aliphatic heterocycles. The molecule has 0 aliphatic carbocycles. The first-order valence-corrected chi connectivity index (χ1v) is 12.9. The largest absolute Gasteiger partial charge is 0.490 e. The van der Waals surface area contributed by atoms with Crippen molar-refractivity contribution in [2.75, 3.05) is 7.11 Å². The van der Waals surface area contributed by atoms with Gasteiger partial charge in [0.2, 0.25) is 4.96 Å². The van der Waals surface area contributed by atoms with Crippen molar-refractivity contribution in [3.05, 3.63) is 127 Å². The number of methoxy groups -OCH3 is 1. The summed E-state index contributed by atoms with van der Waals surface area (Å²) in [6.07, 6.45) is 7.14. The topological polar surface area (TPSA) is 117 Å². The maximum atomic E-state index is 13.3. The van der Waals surface area contributed by atoms with E-state index in [-0.39, 0.29) is 17.0 Å². The summed E-state index contributed by atoms with van der Waals surface area (Å²) in [6, 6.07) is 23.9. The van der Waals surface area contributed by atoms with Crippen LogP contribution in [0.15, 0.2) is 89.9 Å². The van der Waals surface area contributed by atoms with Gasteiger partial charge in [0.05, 0.1) is 22.3 Å². The zero-order chi connectivity index (χ0) is 27.6.